The van der Waals surface area contributed by atoms with Crippen molar-refractivity contribution < 1.29 is 14.3 Å². The second-order valence-corrected chi connectivity index (χ2v) is 8.13. The summed E-state index contributed by atoms with van der Waals surface area (Å²) in [5.74, 6) is 5.82. The molecule has 0 aliphatic carbocycles. The minimum atomic E-state index is -1.09. The number of piperidine rings is 1. The molecular weight excluding hydrogens is 348 g/mol. The summed E-state index contributed by atoms with van der Waals surface area (Å²) >= 11 is 1.76. The smallest absolute Gasteiger partial charge is 0.287 e. The number of nitrogens with zero attached hydrogens (tertiary/aromatic N) is 1. The number of aliphatic hydroxyl groups is 1. The largest absolute Gasteiger partial charge is 0.443 e. The van der Waals surface area contributed by atoms with E-state index in [-0.39, 0.29) is 17.7 Å². The number of likely N-dealkylation sites (tertiary alicyclic amines) is 1. The van der Waals surface area contributed by atoms with E-state index in [9.17, 15) is 9.90 Å². The summed E-state index contributed by atoms with van der Waals surface area (Å²) in [7, 11) is 0. The fourth-order valence-corrected chi connectivity index (χ4v) is 3.68. The van der Waals surface area contributed by atoms with Gasteiger partial charge < -0.3 is 14.8 Å². The number of amides is 1. The fraction of sp³-hybridized carbons (Fsp3) is 0.450. The molecule has 3 rings (SSSR count). The standard InChI is InChI=1S/C20H24N2O3S/c1-20(2,24)10-9-16-7-8-18(25-16)19(23)21-15-5-3-11-22(13-15)14-17-6-4-12-26-17/h4,6-8,12,15,24H,3,5,11,13-14H2,1-2H3,(H,21,23). The molecule has 0 saturated carbocycles. The van der Waals surface area contributed by atoms with Crippen LogP contribution in [-0.4, -0.2) is 40.6 Å². The molecule has 0 bridgehead atoms. The van der Waals surface area contributed by atoms with Gasteiger partial charge in [-0.25, -0.2) is 0 Å². The maximum Gasteiger partial charge on any atom is 0.287 e. The van der Waals surface area contributed by atoms with Crippen LogP contribution in [0, 0.1) is 11.8 Å². The third-order valence-corrected chi connectivity index (χ3v) is 4.98. The molecule has 26 heavy (non-hydrogen) atoms. The Balaban J connectivity index is 1.55. The molecular formula is C20H24N2O3S. The van der Waals surface area contributed by atoms with E-state index in [1.807, 2.05) is 0 Å². The van der Waals surface area contributed by atoms with Crippen molar-refractivity contribution in [2.75, 3.05) is 13.1 Å². The lowest BCUT2D eigenvalue weighted by Crippen LogP contribution is -2.47. The van der Waals surface area contributed by atoms with Crippen LogP contribution in [0.25, 0.3) is 0 Å². The molecule has 1 saturated heterocycles. The third kappa shape index (κ3) is 5.46. The van der Waals surface area contributed by atoms with E-state index in [0.29, 0.717) is 5.76 Å². The monoisotopic (exact) mass is 372 g/mol. The van der Waals surface area contributed by atoms with E-state index in [1.165, 1.54) is 4.88 Å². The van der Waals surface area contributed by atoms with E-state index in [0.717, 1.165) is 32.5 Å². The lowest BCUT2D eigenvalue weighted by atomic mass is 10.1. The molecule has 138 valence electrons. The Bertz CT molecular complexity index is 793. The zero-order chi connectivity index (χ0) is 18.6. The molecule has 2 aromatic rings. The SMILES string of the molecule is CC(C)(O)C#Cc1ccc(C(=O)NC2CCCN(Cc3cccs3)C2)o1. The lowest BCUT2D eigenvalue weighted by Gasteiger charge is -2.32. The van der Waals surface area contributed by atoms with Crippen molar-refractivity contribution in [2.24, 2.45) is 0 Å². The van der Waals surface area contributed by atoms with Gasteiger partial charge in [-0.3, -0.25) is 9.69 Å². The van der Waals surface area contributed by atoms with Gasteiger partial charge in [0.1, 0.15) is 5.60 Å². The Morgan fingerprint density at radius 3 is 3.04 bits per heavy atom. The Labute approximate surface area is 158 Å². The maximum atomic E-state index is 12.4. The predicted molar refractivity (Wildman–Crippen MR) is 102 cm³/mol. The van der Waals surface area contributed by atoms with Gasteiger partial charge in [0.25, 0.3) is 5.91 Å². The van der Waals surface area contributed by atoms with Gasteiger partial charge in [-0.1, -0.05) is 12.0 Å². The number of furan rings is 1. The lowest BCUT2D eigenvalue weighted by molar-refractivity contribution is 0.0873. The highest BCUT2D eigenvalue weighted by Crippen LogP contribution is 2.17. The van der Waals surface area contributed by atoms with Crippen LogP contribution >= 0.6 is 11.3 Å². The molecule has 1 fully saturated rings. The highest BCUT2D eigenvalue weighted by atomic mass is 32.1. The Hall–Kier alpha value is -2.07. The highest BCUT2D eigenvalue weighted by molar-refractivity contribution is 7.09. The van der Waals surface area contributed by atoms with E-state index in [4.69, 9.17) is 4.42 Å². The second kappa shape index (κ2) is 8.09. The molecule has 2 N–H and O–H groups in total. The predicted octanol–water partition coefficient (Wildman–Crippen LogP) is 2.86. The fourth-order valence-electron chi connectivity index (χ4n) is 2.94. The Morgan fingerprint density at radius 1 is 1.46 bits per heavy atom. The molecule has 3 heterocycles. The molecule has 0 aromatic carbocycles. The number of rotatable bonds is 4. The van der Waals surface area contributed by atoms with E-state index < -0.39 is 5.60 Å². The molecule has 6 heteroatoms. The molecule has 1 amide bonds. The van der Waals surface area contributed by atoms with Crippen LogP contribution in [0.2, 0.25) is 0 Å². The number of nitrogens with one attached hydrogen (secondary N) is 1. The van der Waals surface area contributed by atoms with Gasteiger partial charge >= 0.3 is 0 Å². The van der Waals surface area contributed by atoms with Crippen molar-refractivity contribution in [1.82, 2.24) is 10.2 Å². The Morgan fingerprint density at radius 2 is 2.31 bits per heavy atom. The van der Waals surface area contributed by atoms with E-state index >= 15 is 0 Å². The van der Waals surface area contributed by atoms with Crippen molar-refractivity contribution in [3.05, 3.63) is 46.0 Å². The molecule has 1 atom stereocenters. The van der Waals surface area contributed by atoms with E-state index in [1.54, 1.807) is 37.3 Å². The molecule has 0 radical (unpaired) electrons. The van der Waals surface area contributed by atoms with Gasteiger partial charge in [0, 0.05) is 24.0 Å². The maximum absolute atomic E-state index is 12.4. The number of hydrogen-bond donors (Lipinski definition) is 2. The molecule has 1 aliphatic heterocycles. The zero-order valence-electron chi connectivity index (χ0n) is 15.1. The van der Waals surface area contributed by atoms with Gasteiger partial charge in [-0.2, -0.15) is 0 Å². The summed E-state index contributed by atoms with van der Waals surface area (Å²) in [6.07, 6.45) is 2.04. The first-order valence-corrected chi connectivity index (χ1v) is 9.68. The van der Waals surface area contributed by atoms with Crippen LogP contribution in [0.15, 0.2) is 34.1 Å². The number of carbonyl (C=O) groups excluding carboxylic acids is 1. The van der Waals surface area contributed by atoms with Crippen molar-refractivity contribution in [1.29, 1.82) is 0 Å². The zero-order valence-corrected chi connectivity index (χ0v) is 15.9. The topological polar surface area (TPSA) is 65.7 Å². The van der Waals surface area contributed by atoms with Crippen LogP contribution < -0.4 is 5.32 Å². The molecule has 1 unspecified atom stereocenters. The minimum absolute atomic E-state index is 0.118. The summed E-state index contributed by atoms with van der Waals surface area (Å²) in [5, 5.41) is 14.8. The highest BCUT2D eigenvalue weighted by Gasteiger charge is 2.23. The molecule has 5 nitrogen and oxygen atoms in total. The molecule has 2 aromatic heterocycles. The first-order valence-electron chi connectivity index (χ1n) is 8.80. The van der Waals surface area contributed by atoms with Gasteiger partial charge in [0.15, 0.2) is 11.5 Å². The minimum Gasteiger partial charge on any atom is -0.443 e. The Kier molecular flexibility index (Phi) is 5.82. The van der Waals surface area contributed by atoms with Crippen LogP contribution in [0.1, 0.15) is 47.9 Å². The van der Waals surface area contributed by atoms with Crippen LogP contribution in [0.3, 0.4) is 0 Å². The number of thiophene rings is 1. The molecule has 1 aliphatic rings. The van der Waals surface area contributed by atoms with Gasteiger partial charge in [0.05, 0.1) is 0 Å². The van der Waals surface area contributed by atoms with Crippen LogP contribution in [0.4, 0.5) is 0 Å². The number of carbonyl (C=O) groups is 1. The van der Waals surface area contributed by atoms with Crippen LogP contribution in [0.5, 0.6) is 0 Å². The third-order valence-electron chi connectivity index (χ3n) is 4.12. The van der Waals surface area contributed by atoms with Crippen LogP contribution in [-0.2, 0) is 6.54 Å². The van der Waals surface area contributed by atoms with Gasteiger partial charge in [0.2, 0.25) is 0 Å². The summed E-state index contributed by atoms with van der Waals surface area (Å²) < 4.78 is 5.49. The van der Waals surface area contributed by atoms with Crippen molar-refractivity contribution >= 4 is 17.2 Å². The summed E-state index contributed by atoms with van der Waals surface area (Å²) in [5.41, 5.74) is -1.09. The van der Waals surface area contributed by atoms with Gasteiger partial charge in [-0.15, -0.1) is 11.3 Å². The normalized spacial score (nSPS) is 18.2. The summed E-state index contributed by atoms with van der Waals surface area (Å²) in [6, 6.07) is 7.60. The first-order chi connectivity index (χ1) is 12.4. The van der Waals surface area contributed by atoms with Gasteiger partial charge in [-0.05, 0) is 62.7 Å². The van der Waals surface area contributed by atoms with Crippen molar-refractivity contribution in [2.45, 2.75) is 44.9 Å². The molecule has 0 spiro atoms. The summed E-state index contributed by atoms with van der Waals surface area (Å²) in [6.45, 7) is 6.03. The first kappa shape index (κ1) is 18.7. The van der Waals surface area contributed by atoms with Crippen molar-refractivity contribution in [3.8, 4) is 11.8 Å². The number of hydrogen-bond acceptors (Lipinski definition) is 5. The average molecular weight is 372 g/mol. The average Bonchev–Trinajstić information content (AvgIpc) is 3.24. The van der Waals surface area contributed by atoms with E-state index in [2.05, 4.69) is 39.6 Å². The quantitative estimate of drug-likeness (QED) is 0.810. The second-order valence-electron chi connectivity index (χ2n) is 7.10. The summed E-state index contributed by atoms with van der Waals surface area (Å²) in [4.78, 5) is 16.2. The van der Waals surface area contributed by atoms with Crippen molar-refractivity contribution in [3.63, 3.8) is 0 Å².